The van der Waals surface area contributed by atoms with Crippen molar-refractivity contribution >= 4 is 28.2 Å². The summed E-state index contributed by atoms with van der Waals surface area (Å²) in [5, 5.41) is 4.04. The molecule has 1 aliphatic rings. The molecule has 3 N–H and O–H groups in total. The number of alkyl carbamates (subject to hydrolysis) is 1. The summed E-state index contributed by atoms with van der Waals surface area (Å²) < 4.78 is 5.35. The molecule has 0 radical (unpaired) electrons. The molecule has 0 saturated heterocycles. The zero-order valence-electron chi connectivity index (χ0n) is 15.4. The number of hydrogen-bond acceptors (Lipinski definition) is 4. The summed E-state index contributed by atoms with van der Waals surface area (Å²) in [6.07, 6.45) is 7.23. The van der Waals surface area contributed by atoms with E-state index >= 15 is 0 Å². The molecule has 0 spiro atoms. The van der Waals surface area contributed by atoms with Crippen molar-refractivity contribution < 1.29 is 9.53 Å². The van der Waals surface area contributed by atoms with E-state index in [9.17, 15) is 4.79 Å². The standard InChI is InChI=1S/C19H25N5O2/c1-19(2,3)26-18(25)22-12-6-4-11(5-7-12)16-23-14-10-21-17-13(8-9-20-17)15(14)24-16/h8-12H,4-7H2,1-3H3,(H,20,21)(H,22,25)(H,23,24). The molecule has 1 saturated carbocycles. The van der Waals surface area contributed by atoms with Gasteiger partial charge in [0.05, 0.1) is 11.7 Å². The third-order valence-corrected chi connectivity index (χ3v) is 4.89. The van der Waals surface area contributed by atoms with Gasteiger partial charge in [-0.25, -0.2) is 14.8 Å². The highest BCUT2D eigenvalue weighted by molar-refractivity contribution is 6.00. The molecule has 4 rings (SSSR count). The zero-order valence-corrected chi connectivity index (χ0v) is 15.4. The van der Waals surface area contributed by atoms with Crippen molar-refractivity contribution in [3.05, 3.63) is 24.3 Å². The van der Waals surface area contributed by atoms with Crippen LogP contribution >= 0.6 is 0 Å². The molecule has 1 fully saturated rings. The number of aromatic nitrogens is 4. The quantitative estimate of drug-likeness (QED) is 0.647. The molecule has 1 aliphatic carbocycles. The molecule has 3 aromatic heterocycles. The lowest BCUT2D eigenvalue weighted by molar-refractivity contribution is 0.0491. The van der Waals surface area contributed by atoms with E-state index in [1.54, 1.807) is 0 Å². The highest BCUT2D eigenvalue weighted by atomic mass is 16.6. The summed E-state index contributed by atoms with van der Waals surface area (Å²) in [5.41, 5.74) is 2.34. The maximum atomic E-state index is 11.9. The van der Waals surface area contributed by atoms with Gasteiger partial charge in [-0.3, -0.25) is 0 Å². The van der Waals surface area contributed by atoms with Crippen LogP contribution in [0.2, 0.25) is 0 Å². The number of aromatic amines is 2. The lowest BCUT2D eigenvalue weighted by atomic mass is 9.85. The number of imidazole rings is 1. The number of amides is 1. The normalized spacial score (nSPS) is 21.2. The molecule has 0 aliphatic heterocycles. The van der Waals surface area contributed by atoms with Crippen LogP contribution in [0.25, 0.3) is 22.1 Å². The number of nitrogens with zero attached hydrogens (tertiary/aromatic N) is 2. The lowest BCUT2D eigenvalue weighted by Gasteiger charge is -2.29. The second-order valence-electron chi connectivity index (χ2n) is 8.08. The first-order valence-electron chi connectivity index (χ1n) is 9.20. The Morgan fingerprint density at radius 1 is 1.27 bits per heavy atom. The van der Waals surface area contributed by atoms with Gasteiger partial charge in [0.25, 0.3) is 0 Å². The average molecular weight is 355 g/mol. The molecule has 1 amide bonds. The second kappa shape index (κ2) is 6.30. The third kappa shape index (κ3) is 3.38. The number of ether oxygens (including phenoxy) is 1. The summed E-state index contributed by atoms with van der Waals surface area (Å²) in [4.78, 5) is 27.7. The van der Waals surface area contributed by atoms with Gasteiger partial charge in [0.1, 0.15) is 22.6 Å². The molecule has 3 heterocycles. The Morgan fingerprint density at radius 3 is 2.77 bits per heavy atom. The predicted octanol–water partition coefficient (Wildman–Crippen LogP) is 3.99. The van der Waals surface area contributed by atoms with Crippen molar-refractivity contribution in [1.82, 2.24) is 25.3 Å². The van der Waals surface area contributed by atoms with E-state index < -0.39 is 5.60 Å². The number of hydrogen-bond donors (Lipinski definition) is 3. The van der Waals surface area contributed by atoms with Crippen LogP contribution in [0, 0.1) is 0 Å². The third-order valence-electron chi connectivity index (χ3n) is 4.89. The molecule has 26 heavy (non-hydrogen) atoms. The van der Waals surface area contributed by atoms with Gasteiger partial charge in [-0.05, 0) is 52.5 Å². The summed E-state index contributed by atoms with van der Waals surface area (Å²) in [6.45, 7) is 5.63. The molecule has 138 valence electrons. The molecule has 0 atom stereocenters. The Bertz CT molecular complexity index is 928. The van der Waals surface area contributed by atoms with Crippen LogP contribution in [0.4, 0.5) is 4.79 Å². The van der Waals surface area contributed by atoms with E-state index in [0.717, 1.165) is 53.6 Å². The fourth-order valence-electron chi connectivity index (χ4n) is 3.67. The topological polar surface area (TPSA) is 95.7 Å². The SMILES string of the molecule is CC(C)(C)OC(=O)NC1CCC(c2nc3c(cnc4[nH]ccc43)[nH]2)CC1. The smallest absolute Gasteiger partial charge is 0.407 e. The average Bonchev–Trinajstić information content (AvgIpc) is 3.19. The second-order valence-corrected chi connectivity index (χ2v) is 8.08. The molecule has 0 bridgehead atoms. The summed E-state index contributed by atoms with van der Waals surface area (Å²) in [6, 6.07) is 2.18. The summed E-state index contributed by atoms with van der Waals surface area (Å²) >= 11 is 0. The molecular weight excluding hydrogens is 330 g/mol. The Labute approximate surface area is 151 Å². The Morgan fingerprint density at radius 2 is 2.04 bits per heavy atom. The first-order valence-corrected chi connectivity index (χ1v) is 9.20. The number of carbonyl (C=O) groups excluding carboxylic acids is 1. The van der Waals surface area contributed by atoms with Crippen LogP contribution in [-0.4, -0.2) is 37.7 Å². The van der Waals surface area contributed by atoms with Gasteiger partial charge in [0.15, 0.2) is 0 Å². The fourth-order valence-corrected chi connectivity index (χ4v) is 3.67. The zero-order chi connectivity index (χ0) is 18.3. The largest absolute Gasteiger partial charge is 0.444 e. The van der Waals surface area contributed by atoms with Crippen molar-refractivity contribution in [3.63, 3.8) is 0 Å². The monoisotopic (exact) mass is 355 g/mol. The molecular formula is C19H25N5O2. The van der Waals surface area contributed by atoms with Gasteiger partial charge in [-0.1, -0.05) is 0 Å². The first-order chi connectivity index (χ1) is 12.4. The lowest BCUT2D eigenvalue weighted by Crippen LogP contribution is -2.40. The van der Waals surface area contributed by atoms with E-state index in [1.165, 1.54) is 0 Å². The van der Waals surface area contributed by atoms with Gasteiger partial charge in [0.2, 0.25) is 0 Å². The van der Waals surface area contributed by atoms with E-state index in [1.807, 2.05) is 39.2 Å². The molecule has 7 heteroatoms. The minimum atomic E-state index is -0.465. The van der Waals surface area contributed by atoms with Crippen LogP contribution in [-0.2, 0) is 4.74 Å². The molecule has 7 nitrogen and oxygen atoms in total. The van der Waals surface area contributed by atoms with Gasteiger partial charge in [0, 0.05) is 23.5 Å². The summed E-state index contributed by atoms with van der Waals surface area (Å²) in [7, 11) is 0. The van der Waals surface area contributed by atoms with Crippen LogP contribution < -0.4 is 5.32 Å². The molecule has 3 aromatic rings. The highest BCUT2D eigenvalue weighted by Gasteiger charge is 2.27. The van der Waals surface area contributed by atoms with Crippen molar-refractivity contribution in [2.75, 3.05) is 0 Å². The number of pyridine rings is 1. The van der Waals surface area contributed by atoms with Crippen LogP contribution in [0.1, 0.15) is 58.2 Å². The maximum Gasteiger partial charge on any atom is 0.407 e. The minimum absolute atomic E-state index is 0.170. The van der Waals surface area contributed by atoms with Crippen molar-refractivity contribution in [2.45, 2.75) is 64.0 Å². The molecule has 0 unspecified atom stereocenters. The first kappa shape index (κ1) is 16.9. The van der Waals surface area contributed by atoms with E-state index in [2.05, 4.69) is 20.3 Å². The van der Waals surface area contributed by atoms with Gasteiger partial charge in [-0.15, -0.1) is 0 Å². The number of fused-ring (bicyclic) bond motifs is 3. The highest BCUT2D eigenvalue weighted by Crippen LogP contribution is 2.33. The molecule has 0 aromatic carbocycles. The van der Waals surface area contributed by atoms with E-state index in [4.69, 9.17) is 9.72 Å². The fraction of sp³-hybridized carbons (Fsp3) is 0.526. The van der Waals surface area contributed by atoms with Gasteiger partial charge in [-0.2, -0.15) is 0 Å². The minimum Gasteiger partial charge on any atom is -0.444 e. The van der Waals surface area contributed by atoms with E-state index in [0.29, 0.717) is 5.92 Å². The Hall–Kier alpha value is -2.57. The van der Waals surface area contributed by atoms with Gasteiger partial charge >= 0.3 is 6.09 Å². The Kier molecular flexibility index (Phi) is 4.09. The van der Waals surface area contributed by atoms with Crippen LogP contribution in [0.5, 0.6) is 0 Å². The predicted molar refractivity (Wildman–Crippen MR) is 100 cm³/mol. The van der Waals surface area contributed by atoms with Crippen molar-refractivity contribution in [1.29, 1.82) is 0 Å². The maximum absolute atomic E-state index is 11.9. The number of carbonyl (C=O) groups is 1. The van der Waals surface area contributed by atoms with E-state index in [-0.39, 0.29) is 12.1 Å². The van der Waals surface area contributed by atoms with Crippen molar-refractivity contribution in [2.24, 2.45) is 0 Å². The number of H-pyrrole nitrogens is 2. The number of rotatable bonds is 2. The van der Waals surface area contributed by atoms with Gasteiger partial charge < -0.3 is 20.0 Å². The number of nitrogens with one attached hydrogen (secondary N) is 3. The van der Waals surface area contributed by atoms with Crippen LogP contribution in [0.15, 0.2) is 18.5 Å². The van der Waals surface area contributed by atoms with Crippen LogP contribution in [0.3, 0.4) is 0 Å². The Balaban J connectivity index is 1.42. The summed E-state index contributed by atoms with van der Waals surface area (Å²) in [5.74, 6) is 1.40. The van der Waals surface area contributed by atoms with Crippen molar-refractivity contribution in [3.8, 4) is 0 Å².